The zero-order valence-corrected chi connectivity index (χ0v) is 30.3. The molecule has 0 atom stereocenters. The van der Waals surface area contributed by atoms with E-state index in [0.717, 1.165) is 32.6 Å². The smallest absolute Gasteiger partial charge is 0.299 e. The minimum Gasteiger partial charge on any atom is -0.498 e. The van der Waals surface area contributed by atoms with Gasteiger partial charge in [-0.05, 0) is 59.9 Å². The average molecular weight is 854 g/mol. The number of halogens is 17. The maximum atomic E-state index is 16.9. The van der Waals surface area contributed by atoms with Crippen LogP contribution in [0, 0.1) is 108 Å². The molecule has 0 N–H and O–H groups in total. The van der Waals surface area contributed by atoms with Crippen LogP contribution in [0.2, 0.25) is 0 Å². The maximum Gasteiger partial charge on any atom is 0.299 e. The summed E-state index contributed by atoms with van der Waals surface area (Å²) in [5.74, 6) is -49.3. The lowest BCUT2D eigenvalue weighted by Gasteiger charge is -2.37. The molecule has 0 fully saturated rings. The molecular formula is C39H21BF17P. The van der Waals surface area contributed by atoms with Gasteiger partial charge in [0.05, 0.1) is 0 Å². The lowest BCUT2D eigenvalue weighted by atomic mass is 9.30. The van der Waals surface area contributed by atoms with Gasteiger partial charge in [-0.15, -0.1) is 0 Å². The standard InChI is InChI=1S/C21H21FP.C18BF16/c1-16-10-4-7-13-19(16)23(22,20-14-8-5-11-17(20)2)21-15-9-6-12-18(21)3;20-4-1(5(21)11(27)16(32)10(4)26)19(35,2-6(22)12(28)17(33)13(29)7(2)23)3-8(24)14(30)18(34)15(31)9(3)25/h4-15H,1-3H3;/q+1;-1. The fourth-order valence-electron chi connectivity index (χ4n) is 6.46. The Kier molecular flexibility index (Phi) is 12.1. The monoisotopic (exact) mass is 854 g/mol. The fourth-order valence-corrected chi connectivity index (χ4v) is 9.80. The van der Waals surface area contributed by atoms with E-state index in [-0.39, 0.29) is 0 Å². The van der Waals surface area contributed by atoms with Crippen molar-refractivity contribution in [3.8, 4) is 0 Å². The lowest BCUT2D eigenvalue weighted by Crippen LogP contribution is -2.70. The van der Waals surface area contributed by atoms with Crippen LogP contribution in [0.5, 0.6) is 0 Å². The third kappa shape index (κ3) is 6.78. The second-order valence-electron chi connectivity index (χ2n) is 12.7. The third-order valence-electron chi connectivity index (χ3n) is 9.27. The van der Waals surface area contributed by atoms with E-state index in [1.54, 1.807) is 0 Å². The van der Waals surface area contributed by atoms with Crippen LogP contribution < -0.4 is 32.3 Å². The molecule has 0 heterocycles. The lowest BCUT2D eigenvalue weighted by molar-refractivity contribution is 0.377. The van der Waals surface area contributed by atoms with Crippen molar-refractivity contribution >= 4 is 46.3 Å². The molecule has 0 bridgehead atoms. The van der Waals surface area contributed by atoms with E-state index in [4.69, 9.17) is 0 Å². The molecule has 0 saturated heterocycles. The van der Waals surface area contributed by atoms with Crippen molar-refractivity contribution in [1.82, 2.24) is 0 Å². The Bertz CT molecular complexity index is 2250. The quantitative estimate of drug-likeness (QED) is 0.0516. The van der Waals surface area contributed by atoms with Crippen molar-refractivity contribution in [1.29, 1.82) is 0 Å². The summed E-state index contributed by atoms with van der Waals surface area (Å²) in [7, 11) is -3.14. The molecule has 6 aromatic carbocycles. The maximum absolute atomic E-state index is 16.9. The zero-order chi connectivity index (χ0) is 43.3. The van der Waals surface area contributed by atoms with Gasteiger partial charge in [-0.3, -0.25) is 0 Å². The first-order valence-electron chi connectivity index (χ1n) is 16.2. The summed E-state index contributed by atoms with van der Waals surface area (Å²) in [6.07, 6.45) is -6.91. The highest BCUT2D eigenvalue weighted by atomic mass is 31.2. The highest BCUT2D eigenvalue weighted by Crippen LogP contribution is 2.58. The highest BCUT2D eigenvalue weighted by Gasteiger charge is 2.51. The minimum absolute atomic E-state index is 0.823. The van der Waals surface area contributed by atoms with E-state index < -0.39 is 118 Å². The molecule has 0 aliphatic carbocycles. The van der Waals surface area contributed by atoms with Gasteiger partial charge in [0.25, 0.3) is 14.0 Å². The Hall–Kier alpha value is -5.38. The third-order valence-corrected chi connectivity index (χ3v) is 12.8. The molecule has 6 aromatic rings. The minimum atomic E-state index is -6.91. The second kappa shape index (κ2) is 16.1. The summed E-state index contributed by atoms with van der Waals surface area (Å²) in [5.41, 5.74) is -6.87. The van der Waals surface area contributed by atoms with E-state index in [1.165, 1.54) is 0 Å². The molecule has 0 spiro atoms. The van der Waals surface area contributed by atoms with Crippen molar-refractivity contribution in [2.24, 2.45) is 0 Å². The van der Waals surface area contributed by atoms with Crippen molar-refractivity contribution in [2.75, 3.05) is 0 Å². The molecule has 0 aliphatic heterocycles. The van der Waals surface area contributed by atoms with E-state index in [9.17, 15) is 65.9 Å². The first kappa shape index (κ1) is 43.7. The molecule has 304 valence electrons. The van der Waals surface area contributed by atoms with E-state index >= 15 is 8.51 Å². The SMILES string of the molecule is Cc1ccccc1[P+](F)(c1ccccc1C)c1ccccc1C.Fc1c(F)c(F)c([B-](F)(c2c(F)c(F)c(F)c(F)c2F)c2c(F)c(F)c(F)c(F)c2F)c(F)c1F. The largest absolute Gasteiger partial charge is 0.498 e. The molecular weight excluding hydrogens is 833 g/mol. The van der Waals surface area contributed by atoms with Gasteiger partial charge in [0, 0.05) is 0 Å². The number of hydrogen-bond donors (Lipinski definition) is 0. The van der Waals surface area contributed by atoms with E-state index in [0.29, 0.717) is 0 Å². The average Bonchev–Trinajstić information content (AvgIpc) is 3.19. The molecule has 0 nitrogen and oxygen atoms in total. The van der Waals surface area contributed by atoms with Gasteiger partial charge >= 0.3 is 0 Å². The summed E-state index contributed by atoms with van der Waals surface area (Å²) in [6, 6.07) is 23.6. The van der Waals surface area contributed by atoms with Crippen molar-refractivity contribution in [2.45, 2.75) is 20.8 Å². The summed E-state index contributed by atoms with van der Waals surface area (Å²) in [5, 5.41) is 2.47. The normalized spacial score (nSPS) is 11.8. The Labute approximate surface area is 318 Å². The van der Waals surface area contributed by atoms with Gasteiger partial charge < -0.3 is 4.32 Å². The Morgan fingerprint density at radius 3 is 0.672 bits per heavy atom. The molecule has 0 unspecified atom stereocenters. The highest BCUT2D eigenvalue weighted by molar-refractivity contribution is 7.91. The van der Waals surface area contributed by atoms with Crippen LogP contribution in [0.25, 0.3) is 0 Å². The van der Waals surface area contributed by atoms with Gasteiger partial charge in [0.15, 0.2) is 52.4 Å². The van der Waals surface area contributed by atoms with Gasteiger partial charge in [0.1, 0.15) is 50.8 Å². The summed E-state index contributed by atoms with van der Waals surface area (Å²) >= 11 is 0. The van der Waals surface area contributed by atoms with Crippen LogP contribution in [-0.2, 0) is 0 Å². The molecule has 0 aliphatic rings. The predicted molar refractivity (Wildman–Crippen MR) is 185 cm³/mol. The van der Waals surface area contributed by atoms with Crippen LogP contribution in [0.15, 0.2) is 72.8 Å². The van der Waals surface area contributed by atoms with Crippen molar-refractivity contribution in [3.63, 3.8) is 0 Å². The summed E-state index contributed by atoms with van der Waals surface area (Å²) < 4.78 is 242. The van der Waals surface area contributed by atoms with E-state index in [2.05, 4.69) is 0 Å². The summed E-state index contributed by atoms with van der Waals surface area (Å²) in [6.45, 7) is 6.00. The van der Waals surface area contributed by atoms with Gasteiger partial charge in [0.2, 0.25) is 0 Å². The molecule has 0 amide bonds. The van der Waals surface area contributed by atoms with Crippen LogP contribution in [0.1, 0.15) is 16.7 Å². The molecule has 58 heavy (non-hydrogen) atoms. The summed E-state index contributed by atoms with van der Waals surface area (Å²) in [4.78, 5) is 0. The van der Waals surface area contributed by atoms with Gasteiger partial charge in [-0.1, -0.05) is 71.0 Å². The number of benzene rings is 6. The Morgan fingerprint density at radius 1 is 0.310 bits per heavy atom. The molecule has 0 saturated carbocycles. The first-order chi connectivity index (χ1) is 27.1. The fraction of sp³-hybridized carbons (Fsp3) is 0.0769. The van der Waals surface area contributed by atoms with Crippen molar-refractivity contribution < 1.29 is 74.4 Å². The van der Waals surface area contributed by atoms with Gasteiger partial charge in [-0.25, -0.2) is 65.9 Å². The van der Waals surface area contributed by atoms with Crippen LogP contribution in [-0.4, -0.2) is 6.42 Å². The molecule has 19 heteroatoms. The van der Waals surface area contributed by atoms with Gasteiger partial charge in [-0.2, -0.15) is 0 Å². The Balaban J connectivity index is 0.000000240. The number of hydrogen-bond acceptors (Lipinski definition) is 0. The topological polar surface area (TPSA) is 0 Å². The van der Waals surface area contributed by atoms with Crippen LogP contribution in [0.4, 0.5) is 74.4 Å². The molecule has 0 aromatic heterocycles. The number of aryl methyl sites for hydroxylation is 3. The van der Waals surface area contributed by atoms with E-state index in [1.807, 2.05) is 93.6 Å². The molecule has 6 rings (SSSR count). The Morgan fingerprint density at radius 2 is 0.483 bits per heavy atom. The number of rotatable bonds is 6. The van der Waals surface area contributed by atoms with Crippen LogP contribution in [0.3, 0.4) is 0 Å². The predicted octanol–water partition coefficient (Wildman–Crippen LogP) is 9.50. The van der Waals surface area contributed by atoms with Crippen LogP contribution >= 0.6 is 7.57 Å². The first-order valence-corrected chi connectivity index (χ1v) is 17.9. The zero-order valence-electron chi connectivity index (χ0n) is 29.4. The second-order valence-corrected chi connectivity index (χ2v) is 15.3. The molecule has 0 radical (unpaired) electrons. The van der Waals surface area contributed by atoms with Crippen molar-refractivity contribution in [3.05, 3.63) is 177 Å².